The highest BCUT2D eigenvalue weighted by atomic mass is 32.2. The van der Waals surface area contributed by atoms with Gasteiger partial charge in [0.05, 0.1) is 5.75 Å². The molecule has 0 aliphatic rings. The number of hydrogen-bond donors (Lipinski definition) is 2. The van der Waals surface area contributed by atoms with Crippen molar-refractivity contribution in [2.24, 2.45) is 0 Å². The summed E-state index contributed by atoms with van der Waals surface area (Å²) in [6.07, 6.45) is 4.40. The van der Waals surface area contributed by atoms with Crippen LogP contribution in [0.2, 0.25) is 0 Å². The van der Waals surface area contributed by atoms with Gasteiger partial charge in [0.15, 0.2) is 9.84 Å². The summed E-state index contributed by atoms with van der Waals surface area (Å²) in [6, 6.07) is 11.4. The summed E-state index contributed by atoms with van der Waals surface area (Å²) in [4.78, 5) is 19.7. The van der Waals surface area contributed by atoms with Crippen LogP contribution in [-0.2, 0) is 21.1 Å². The molecule has 1 heterocycles. The van der Waals surface area contributed by atoms with Crippen molar-refractivity contribution >= 4 is 21.7 Å². The van der Waals surface area contributed by atoms with E-state index in [0.717, 1.165) is 5.56 Å². The first-order chi connectivity index (χ1) is 12.1. The van der Waals surface area contributed by atoms with Gasteiger partial charge in [0.25, 0.3) is 0 Å². The largest absolute Gasteiger partial charge is 0.353 e. The molecule has 0 saturated heterocycles. The molecule has 0 aliphatic carbocycles. The Hall–Kier alpha value is -2.48. The Morgan fingerprint density at radius 2 is 1.72 bits per heavy atom. The van der Waals surface area contributed by atoms with Crippen LogP contribution in [0.15, 0.2) is 48.8 Å². The molecule has 7 nitrogen and oxygen atoms in total. The fraction of sp³-hybridized carbons (Fsp3) is 0.353. The average molecular weight is 362 g/mol. The maximum Gasteiger partial charge on any atom is 0.235 e. The lowest BCUT2D eigenvalue weighted by molar-refractivity contribution is -0.118. The number of aryl methyl sites for hydroxylation is 1. The smallest absolute Gasteiger partial charge is 0.235 e. The molecule has 134 valence electrons. The number of sulfone groups is 1. The van der Waals surface area contributed by atoms with Crippen LogP contribution in [0, 0.1) is 0 Å². The molecule has 2 N–H and O–H groups in total. The molecule has 0 atom stereocenters. The van der Waals surface area contributed by atoms with Crippen LogP contribution in [0.5, 0.6) is 0 Å². The topological polar surface area (TPSA) is 101 Å². The summed E-state index contributed by atoms with van der Waals surface area (Å²) in [5.74, 6) is -0.504. The van der Waals surface area contributed by atoms with E-state index >= 15 is 0 Å². The van der Waals surface area contributed by atoms with Crippen molar-refractivity contribution in [3.05, 3.63) is 54.4 Å². The fourth-order valence-electron chi connectivity index (χ4n) is 2.23. The van der Waals surface area contributed by atoms with Gasteiger partial charge in [-0.15, -0.1) is 0 Å². The van der Waals surface area contributed by atoms with Crippen molar-refractivity contribution in [2.45, 2.75) is 12.8 Å². The van der Waals surface area contributed by atoms with Crippen molar-refractivity contribution in [2.75, 3.05) is 29.9 Å². The molecular formula is C17H22N4O3S. The van der Waals surface area contributed by atoms with E-state index in [-0.39, 0.29) is 5.75 Å². The van der Waals surface area contributed by atoms with Crippen LogP contribution < -0.4 is 10.6 Å². The second-order valence-electron chi connectivity index (χ2n) is 5.53. The van der Waals surface area contributed by atoms with Crippen LogP contribution in [0.1, 0.15) is 12.0 Å². The summed E-state index contributed by atoms with van der Waals surface area (Å²) >= 11 is 0. The Bertz CT molecular complexity index is 752. The molecule has 25 heavy (non-hydrogen) atoms. The molecule has 0 spiro atoms. The number of amides is 1. The first-order valence-corrected chi connectivity index (χ1v) is 9.89. The second-order valence-corrected chi connectivity index (χ2v) is 7.71. The number of benzene rings is 1. The zero-order chi connectivity index (χ0) is 18.0. The lowest BCUT2D eigenvalue weighted by atomic mass is 10.1. The van der Waals surface area contributed by atoms with Crippen molar-refractivity contribution in [1.82, 2.24) is 15.3 Å². The van der Waals surface area contributed by atoms with Crippen molar-refractivity contribution < 1.29 is 13.2 Å². The first-order valence-electron chi connectivity index (χ1n) is 8.07. The number of carbonyl (C=O) groups is 1. The predicted molar refractivity (Wildman–Crippen MR) is 96.9 cm³/mol. The predicted octanol–water partition coefficient (Wildman–Crippen LogP) is 1.05. The van der Waals surface area contributed by atoms with E-state index in [1.54, 1.807) is 18.5 Å². The molecule has 1 aromatic heterocycles. The number of hydrogen-bond acceptors (Lipinski definition) is 6. The van der Waals surface area contributed by atoms with E-state index in [1.807, 2.05) is 30.3 Å². The third kappa shape index (κ3) is 7.75. The van der Waals surface area contributed by atoms with Crippen molar-refractivity contribution in [1.29, 1.82) is 0 Å². The molecule has 0 fully saturated rings. The number of nitrogens with zero attached hydrogens (tertiary/aromatic N) is 2. The highest BCUT2D eigenvalue weighted by Gasteiger charge is 2.16. The van der Waals surface area contributed by atoms with Gasteiger partial charge in [0.2, 0.25) is 11.9 Å². The average Bonchev–Trinajstić information content (AvgIpc) is 2.60. The van der Waals surface area contributed by atoms with E-state index in [4.69, 9.17) is 0 Å². The zero-order valence-electron chi connectivity index (χ0n) is 13.9. The Balaban J connectivity index is 1.63. The summed E-state index contributed by atoms with van der Waals surface area (Å²) < 4.78 is 24.0. The lowest BCUT2D eigenvalue weighted by Gasteiger charge is -2.07. The van der Waals surface area contributed by atoms with E-state index in [2.05, 4.69) is 20.6 Å². The molecule has 8 heteroatoms. The summed E-state index contributed by atoms with van der Waals surface area (Å²) in [6.45, 7) is 0.723. The Kier molecular flexibility index (Phi) is 7.34. The van der Waals surface area contributed by atoms with E-state index in [0.29, 0.717) is 31.9 Å². The second kappa shape index (κ2) is 9.73. The van der Waals surface area contributed by atoms with Gasteiger partial charge >= 0.3 is 0 Å². The number of nitrogens with one attached hydrogen (secondary N) is 2. The Morgan fingerprint density at radius 3 is 2.44 bits per heavy atom. The van der Waals surface area contributed by atoms with Gasteiger partial charge in [-0.25, -0.2) is 18.4 Å². The van der Waals surface area contributed by atoms with Crippen molar-refractivity contribution in [3.8, 4) is 0 Å². The summed E-state index contributed by atoms with van der Waals surface area (Å²) in [5.41, 5.74) is 1.09. The molecule has 2 rings (SSSR count). The molecular weight excluding hydrogens is 340 g/mol. The Labute approximate surface area is 147 Å². The molecule has 1 aromatic carbocycles. The number of carbonyl (C=O) groups excluding carboxylic acids is 1. The number of anilines is 1. The van der Waals surface area contributed by atoms with Gasteiger partial charge in [-0.05, 0) is 24.5 Å². The molecule has 0 saturated carbocycles. The van der Waals surface area contributed by atoms with Gasteiger partial charge < -0.3 is 10.6 Å². The van der Waals surface area contributed by atoms with Crippen LogP contribution in [0.3, 0.4) is 0 Å². The summed E-state index contributed by atoms with van der Waals surface area (Å²) in [7, 11) is -3.40. The van der Waals surface area contributed by atoms with E-state index in [9.17, 15) is 13.2 Å². The fourth-order valence-corrected chi connectivity index (χ4v) is 3.46. The van der Waals surface area contributed by atoms with Crippen molar-refractivity contribution in [3.63, 3.8) is 0 Å². The normalized spacial score (nSPS) is 11.0. The van der Waals surface area contributed by atoms with Crippen LogP contribution in [0.25, 0.3) is 0 Å². The van der Waals surface area contributed by atoms with Gasteiger partial charge in [-0.1, -0.05) is 30.3 Å². The minimum Gasteiger partial charge on any atom is -0.353 e. The summed E-state index contributed by atoms with van der Waals surface area (Å²) in [5, 5.41) is 5.51. The first kappa shape index (κ1) is 18.9. The molecule has 0 aliphatic heterocycles. The maximum atomic E-state index is 12.0. The quantitative estimate of drug-likeness (QED) is 0.613. The van der Waals surface area contributed by atoms with Crippen LogP contribution >= 0.6 is 0 Å². The monoisotopic (exact) mass is 362 g/mol. The molecule has 1 amide bonds. The highest BCUT2D eigenvalue weighted by Crippen LogP contribution is 2.04. The van der Waals surface area contributed by atoms with Gasteiger partial charge in [-0.3, -0.25) is 4.79 Å². The van der Waals surface area contributed by atoms with Crippen LogP contribution in [-0.4, -0.2) is 48.9 Å². The van der Waals surface area contributed by atoms with Gasteiger partial charge in [-0.2, -0.15) is 0 Å². The standard InChI is InChI=1S/C17H22N4O3S/c22-16(18-11-12-21-17-19-9-5-10-20-17)14-25(23,24)13-4-8-15-6-2-1-3-7-15/h1-3,5-7,9-10H,4,8,11-14H2,(H,18,22)(H,19,20,21). The lowest BCUT2D eigenvalue weighted by Crippen LogP contribution is -2.34. The molecule has 0 radical (unpaired) electrons. The SMILES string of the molecule is O=C(CS(=O)(=O)CCCc1ccccc1)NCCNc1ncccn1. The zero-order valence-corrected chi connectivity index (χ0v) is 14.7. The third-order valence-electron chi connectivity index (χ3n) is 3.41. The van der Waals surface area contributed by atoms with E-state index in [1.165, 1.54) is 0 Å². The Morgan fingerprint density at radius 1 is 1.00 bits per heavy atom. The van der Waals surface area contributed by atoms with Crippen LogP contribution in [0.4, 0.5) is 5.95 Å². The number of rotatable bonds is 10. The maximum absolute atomic E-state index is 12.0. The minimum atomic E-state index is -3.40. The molecule has 0 unspecified atom stereocenters. The minimum absolute atomic E-state index is 0.00538. The van der Waals surface area contributed by atoms with Gasteiger partial charge in [0.1, 0.15) is 5.75 Å². The highest BCUT2D eigenvalue weighted by molar-refractivity contribution is 7.92. The molecule has 0 bridgehead atoms. The number of aromatic nitrogens is 2. The molecule has 2 aromatic rings. The van der Waals surface area contributed by atoms with E-state index < -0.39 is 21.5 Å². The third-order valence-corrected chi connectivity index (χ3v) is 5.02. The van der Waals surface area contributed by atoms with Gasteiger partial charge in [0, 0.05) is 25.5 Å².